The lowest BCUT2D eigenvalue weighted by molar-refractivity contribution is 0.102. The molecule has 4 rings (SSSR count). The van der Waals surface area contributed by atoms with Crippen LogP contribution >= 0.6 is 22.9 Å². The minimum Gasteiger partial charge on any atom is -0.298 e. The number of carbonyl (C=O) groups excluding carboxylic acids is 1. The van der Waals surface area contributed by atoms with Gasteiger partial charge in [0.1, 0.15) is 10.8 Å². The van der Waals surface area contributed by atoms with Crippen LogP contribution in [-0.2, 0) is 6.54 Å². The Bertz CT molecular complexity index is 1170. The van der Waals surface area contributed by atoms with Crippen LogP contribution in [0.3, 0.4) is 0 Å². The number of nitrogens with zero attached hydrogens (tertiary/aromatic N) is 4. The molecule has 3 aromatic heterocycles. The predicted octanol–water partition coefficient (Wildman–Crippen LogP) is 4.97. The van der Waals surface area contributed by atoms with E-state index in [1.807, 2.05) is 61.7 Å². The van der Waals surface area contributed by atoms with Crippen molar-refractivity contribution in [1.82, 2.24) is 19.7 Å². The molecule has 1 amide bonds. The molecule has 1 N–H and O–H groups in total. The Balaban J connectivity index is 1.49. The summed E-state index contributed by atoms with van der Waals surface area (Å²) in [5, 5.41) is 9.68. The number of carbonyl (C=O) groups is 1. The first-order chi connectivity index (χ1) is 14.0. The van der Waals surface area contributed by atoms with Crippen LogP contribution in [-0.4, -0.2) is 25.7 Å². The Hall–Kier alpha value is -3.03. The van der Waals surface area contributed by atoms with Gasteiger partial charge in [-0.25, -0.2) is 9.67 Å². The summed E-state index contributed by atoms with van der Waals surface area (Å²) in [6, 6.07) is 13.7. The van der Waals surface area contributed by atoms with Gasteiger partial charge < -0.3 is 0 Å². The van der Waals surface area contributed by atoms with Crippen LogP contribution in [0.4, 0.5) is 5.13 Å². The number of benzene rings is 1. The minimum atomic E-state index is -0.344. The van der Waals surface area contributed by atoms with Crippen molar-refractivity contribution in [3.8, 4) is 11.4 Å². The fraction of sp³-hybridized carbons (Fsp3) is 0.143. The number of thiazole rings is 1. The molecular formula is C21H18ClN5OS. The molecule has 29 heavy (non-hydrogen) atoms. The Morgan fingerprint density at radius 1 is 1.10 bits per heavy atom. The van der Waals surface area contributed by atoms with E-state index >= 15 is 0 Å². The molecule has 0 atom stereocenters. The zero-order chi connectivity index (χ0) is 20.4. The SMILES string of the molecule is Cc1ccc(-c2csc(NC(=O)c3cnn(Cc4ccccc4)c3Cl)n2)nc1C. The maximum atomic E-state index is 12.6. The fourth-order valence-corrected chi connectivity index (χ4v) is 3.71. The van der Waals surface area contributed by atoms with E-state index < -0.39 is 0 Å². The topological polar surface area (TPSA) is 72.7 Å². The number of hydrogen-bond donors (Lipinski definition) is 1. The van der Waals surface area contributed by atoms with Gasteiger partial charge in [-0.05, 0) is 31.0 Å². The molecule has 6 nitrogen and oxygen atoms in total. The number of halogens is 1. The Morgan fingerprint density at radius 2 is 1.90 bits per heavy atom. The van der Waals surface area contributed by atoms with Gasteiger partial charge in [-0.2, -0.15) is 5.10 Å². The highest BCUT2D eigenvalue weighted by molar-refractivity contribution is 7.14. The highest BCUT2D eigenvalue weighted by atomic mass is 35.5. The van der Waals surface area contributed by atoms with Crippen molar-refractivity contribution in [1.29, 1.82) is 0 Å². The summed E-state index contributed by atoms with van der Waals surface area (Å²) < 4.78 is 1.60. The third kappa shape index (κ3) is 4.21. The van der Waals surface area contributed by atoms with Crippen LogP contribution in [0.2, 0.25) is 5.15 Å². The zero-order valence-electron chi connectivity index (χ0n) is 15.9. The molecule has 8 heteroatoms. The third-order valence-electron chi connectivity index (χ3n) is 4.53. The minimum absolute atomic E-state index is 0.291. The molecule has 0 aliphatic heterocycles. The van der Waals surface area contributed by atoms with Crippen molar-refractivity contribution >= 4 is 34.0 Å². The lowest BCUT2D eigenvalue weighted by Gasteiger charge is -2.04. The summed E-state index contributed by atoms with van der Waals surface area (Å²) in [6.07, 6.45) is 1.47. The van der Waals surface area contributed by atoms with Crippen molar-refractivity contribution < 1.29 is 4.79 Å². The lowest BCUT2D eigenvalue weighted by Crippen LogP contribution is -2.12. The third-order valence-corrected chi connectivity index (χ3v) is 5.69. The molecule has 0 fully saturated rings. The maximum absolute atomic E-state index is 12.6. The van der Waals surface area contributed by atoms with Crippen LogP contribution in [0.1, 0.15) is 27.2 Å². The molecule has 0 saturated carbocycles. The number of aryl methyl sites for hydroxylation is 2. The first-order valence-electron chi connectivity index (χ1n) is 8.98. The van der Waals surface area contributed by atoms with Gasteiger partial charge in [0.2, 0.25) is 0 Å². The van der Waals surface area contributed by atoms with Gasteiger partial charge in [0.25, 0.3) is 5.91 Å². The molecule has 0 bridgehead atoms. The smallest absolute Gasteiger partial charge is 0.262 e. The van der Waals surface area contributed by atoms with Crippen LogP contribution in [0, 0.1) is 13.8 Å². The van der Waals surface area contributed by atoms with Crippen LogP contribution in [0.15, 0.2) is 54.0 Å². The first-order valence-corrected chi connectivity index (χ1v) is 10.2. The Kier molecular flexibility index (Phi) is 5.42. The summed E-state index contributed by atoms with van der Waals surface area (Å²) in [7, 11) is 0. The second kappa shape index (κ2) is 8.14. The predicted molar refractivity (Wildman–Crippen MR) is 116 cm³/mol. The number of anilines is 1. The van der Waals surface area contributed by atoms with Gasteiger partial charge in [-0.15, -0.1) is 11.3 Å². The quantitative estimate of drug-likeness (QED) is 0.491. The molecule has 0 unspecified atom stereocenters. The number of pyridine rings is 1. The number of hydrogen-bond acceptors (Lipinski definition) is 5. The number of aromatic nitrogens is 4. The molecular weight excluding hydrogens is 406 g/mol. The van der Waals surface area contributed by atoms with Gasteiger partial charge in [-0.3, -0.25) is 15.1 Å². The van der Waals surface area contributed by atoms with Crippen molar-refractivity contribution in [2.75, 3.05) is 5.32 Å². The number of amides is 1. The Morgan fingerprint density at radius 3 is 2.66 bits per heavy atom. The number of rotatable bonds is 5. The van der Waals surface area contributed by atoms with E-state index in [0.29, 0.717) is 22.4 Å². The highest BCUT2D eigenvalue weighted by Crippen LogP contribution is 2.25. The normalized spacial score (nSPS) is 10.9. The molecule has 0 aliphatic carbocycles. The van der Waals surface area contributed by atoms with Crippen LogP contribution in [0.25, 0.3) is 11.4 Å². The second-order valence-corrected chi connectivity index (χ2v) is 7.80. The van der Waals surface area contributed by atoms with E-state index in [-0.39, 0.29) is 5.91 Å². The van der Waals surface area contributed by atoms with Gasteiger partial charge in [0.15, 0.2) is 5.13 Å². The van der Waals surface area contributed by atoms with E-state index in [0.717, 1.165) is 28.2 Å². The molecule has 146 valence electrons. The molecule has 0 saturated heterocycles. The van der Waals surface area contributed by atoms with Crippen molar-refractivity contribution in [2.45, 2.75) is 20.4 Å². The summed E-state index contributed by atoms with van der Waals surface area (Å²) in [4.78, 5) is 21.7. The van der Waals surface area contributed by atoms with Gasteiger partial charge >= 0.3 is 0 Å². The summed E-state index contributed by atoms with van der Waals surface area (Å²) in [5.74, 6) is -0.344. The molecule has 0 aliphatic rings. The largest absolute Gasteiger partial charge is 0.298 e. The molecule has 0 radical (unpaired) electrons. The summed E-state index contributed by atoms with van der Waals surface area (Å²) in [6.45, 7) is 4.47. The maximum Gasteiger partial charge on any atom is 0.262 e. The monoisotopic (exact) mass is 423 g/mol. The Labute approximate surface area is 177 Å². The van der Waals surface area contributed by atoms with E-state index in [4.69, 9.17) is 11.6 Å². The lowest BCUT2D eigenvalue weighted by atomic mass is 10.2. The number of nitrogens with one attached hydrogen (secondary N) is 1. The standard InChI is InChI=1S/C21H18ClN5OS/c1-13-8-9-17(24-14(13)2)18-12-29-21(25-18)26-20(28)16-10-23-27(19(16)22)11-15-6-4-3-5-7-15/h3-10,12H,11H2,1-2H3,(H,25,26,28). The average molecular weight is 424 g/mol. The van der Waals surface area contributed by atoms with Gasteiger partial charge in [0, 0.05) is 11.1 Å². The highest BCUT2D eigenvalue weighted by Gasteiger charge is 2.18. The van der Waals surface area contributed by atoms with Crippen molar-refractivity contribution in [3.05, 3.63) is 81.6 Å². The van der Waals surface area contributed by atoms with Crippen LogP contribution in [0.5, 0.6) is 0 Å². The molecule has 3 heterocycles. The molecule has 1 aromatic carbocycles. The van der Waals surface area contributed by atoms with E-state index in [9.17, 15) is 4.79 Å². The zero-order valence-corrected chi connectivity index (χ0v) is 17.5. The van der Waals surface area contributed by atoms with E-state index in [2.05, 4.69) is 20.4 Å². The van der Waals surface area contributed by atoms with Crippen molar-refractivity contribution in [3.63, 3.8) is 0 Å². The van der Waals surface area contributed by atoms with Crippen molar-refractivity contribution in [2.24, 2.45) is 0 Å². The fourth-order valence-electron chi connectivity index (χ4n) is 2.78. The second-order valence-electron chi connectivity index (χ2n) is 6.58. The van der Waals surface area contributed by atoms with E-state index in [1.165, 1.54) is 17.5 Å². The summed E-state index contributed by atoms with van der Waals surface area (Å²) in [5.41, 5.74) is 4.94. The average Bonchev–Trinajstić information content (AvgIpc) is 3.32. The first kappa shape index (κ1) is 19.3. The van der Waals surface area contributed by atoms with Crippen LogP contribution < -0.4 is 5.32 Å². The van der Waals surface area contributed by atoms with Gasteiger partial charge in [0.05, 0.1) is 24.0 Å². The molecule has 0 spiro atoms. The van der Waals surface area contributed by atoms with E-state index in [1.54, 1.807) is 4.68 Å². The summed E-state index contributed by atoms with van der Waals surface area (Å²) >= 11 is 7.72. The molecule has 4 aromatic rings. The van der Waals surface area contributed by atoms with Gasteiger partial charge in [-0.1, -0.05) is 48.0 Å².